The maximum Gasteiger partial charge on any atom is 0.0802 e. The normalized spacial score (nSPS) is 12.4. The molecule has 5 heteroatoms. The van der Waals surface area contributed by atoms with Crippen LogP contribution in [-0.4, -0.2) is 16.5 Å². The van der Waals surface area contributed by atoms with Gasteiger partial charge >= 0.3 is 0 Å². The second-order valence-corrected chi connectivity index (χ2v) is 4.63. The van der Waals surface area contributed by atoms with E-state index in [1.807, 2.05) is 19.1 Å². The highest BCUT2D eigenvalue weighted by molar-refractivity contribution is 6.35. The maximum atomic E-state index is 6.24. The van der Waals surface area contributed by atoms with E-state index in [9.17, 15) is 0 Å². The van der Waals surface area contributed by atoms with Crippen molar-refractivity contribution in [2.45, 2.75) is 13.0 Å². The van der Waals surface area contributed by atoms with E-state index in [1.54, 1.807) is 24.7 Å². The van der Waals surface area contributed by atoms with Gasteiger partial charge in [0.1, 0.15) is 0 Å². The summed E-state index contributed by atoms with van der Waals surface area (Å²) in [6.45, 7) is 2.84. The van der Waals surface area contributed by atoms with Gasteiger partial charge in [-0.15, -0.1) is 0 Å². The Bertz CT molecular complexity index is 517. The van der Waals surface area contributed by atoms with E-state index in [0.29, 0.717) is 10.0 Å². The van der Waals surface area contributed by atoms with E-state index in [4.69, 9.17) is 23.2 Å². The van der Waals surface area contributed by atoms with E-state index in [0.717, 1.165) is 17.8 Å². The molecule has 18 heavy (non-hydrogen) atoms. The Balaban J connectivity index is 2.41. The Labute approximate surface area is 116 Å². The lowest BCUT2D eigenvalue weighted by molar-refractivity contribution is 0.613. The second kappa shape index (κ2) is 6.14. The lowest BCUT2D eigenvalue weighted by Crippen LogP contribution is -2.23. The van der Waals surface area contributed by atoms with Crippen molar-refractivity contribution in [1.82, 2.24) is 15.3 Å². The van der Waals surface area contributed by atoms with Gasteiger partial charge in [0.2, 0.25) is 0 Å². The number of benzene rings is 1. The molecule has 3 nitrogen and oxygen atoms in total. The van der Waals surface area contributed by atoms with Crippen molar-refractivity contribution in [3.8, 4) is 0 Å². The van der Waals surface area contributed by atoms with E-state index in [2.05, 4.69) is 15.3 Å². The minimum atomic E-state index is -0.0755. The van der Waals surface area contributed by atoms with Crippen LogP contribution in [0.2, 0.25) is 10.0 Å². The molecular formula is C13H13Cl2N3. The molecule has 1 N–H and O–H groups in total. The van der Waals surface area contributed by atoms with Crippen LogP contribution < -0.4 is 5.32 Å². The smallest absolute Gasteiger partial charge is 0.0802 e. The molecule has 0 spiro atoms. The molecule has 0 saturated carbocycles. The molecule has 94 valence electrons. The molecule has 1 unspecified atom stereocenters. The summed E-state index contributed by atoms with van der Waals surface area (Å²) in [5.41, 5.74) is 1.78. The van der Waals surface area contributed by atoms with Gasteiger partial charge in [-0.2, -0.15) is 0 Å². The van der Waals surface area contributed by atoms with Crippen LogP contribution in [0.1, 0.15) is 24.2 Å². The van der Waals surface area contributed by atoms with Gasteiger partial charge in [0, 0.05) is 22.4 Å². The highest BCUT2D eigenvalue weighted by Crippen LogP contribution is 2.29. The van der Waals surface area contributed by atoms with E-state index in [1.165, 1.54) is 0 Å². The predicted molar refractivity (Wildman–Crippen MR) is 74.0 cm³/mol. The van der Waals surface area contributed by atoms with Gasteiger partial charge < -0.3 is 5.32 Å². The Morgan fingerprint density at radius 1 is 1.28 bits per heavy atom. The zero-order chi connectivity index (χ0) is 13.0. The fraction of sp³-hybridized carbons (Fsp3) is 0.231. The first-order valence-corrected chi connectivity index (χ1v) is 6.42. The highest BCUT2D eigenvalue weighted by Gasteiger charge is 2.17. The van der Waals surface area contributed by atoms with Crippen LogP contribution in [0.4, 0.5) is 0 Å². The largest absolute Gasteiger partial charge is 0.305 e. The molecule has 0 amide bonds. The van der Waals surface area contributed by atoms with Crippen LogP contribution in [0.15, 0.2) is 36.8 Å². The Kier molecular flexibility index (Phi) is 4.53. The van der Waals surface area contributed by atoms with Gasteiger partial charge in [-0.1, -0.05) is 36.2 Å². The number of hydrogen-bond acceptors (Lipinski definition) is 3. The first-order chi connectivity index (χ1) is 8.72. The SMILES string of the molecule is CCNC(c1cnccn1)c1ccc(Cl)cc1Cl. The predicted octanol–water partition coefficient (Wildman–Crippen LogP) is 3.48. The number of hydrogen-bond donors (Lipinski definition) is 1. The Morgan fingerprint density at radius 3 is 2.72 bits per heavy atom. The summed E-state index contributed by atoms with van der Waals surface area (Å²) in [4.78, 5) is 8.41. The summed E-state index contributed by atoms with van der Waals surface area (Å²) in [6.07, 6.45) is 5.05. The fourth-order valence-electron chi connectivity index (χ4n) is 1.77. The molecule has 0 saturated heterocycles. The summed E-state index contributed by atoms with van der Waals surface area (Å²) >= 11 is 12.1. The van der Waals surface area contributed by atoms with Crippen molar-refractivity contribution in [3.05, 3.63) is 58.1 Å². The van der Waals surface area contributed by atoms with E-state index < -0.39 is 0 Å². The fourth-order valence-corrected chi connectivity index (χ4v) is 2.29. The van der Waals surface area contributed by atoms with Crippen LogP contribution in [0.25, 0.3) is 0 Å². The summed E-state index contributed by atoms with van der Waals surface area (Å²) < 4.78 is 0. The molecule has 0 aliphatic rings. The number of rotatable bonds is 4. The van der Waals surface area contributed by atoms with Gasteiger partial charge in [0.25, 0.3) is 0 Å². The maximum absolute atomic E-state index is 6.24. The molecule has 0 fully saturated rings. The number of nitrogens with one attached hydrogen (secondary N) is 1. The molecule has 0 bridgehead atoms. The van der Waals surface area contributed by atoms with E-state index >= 15 is 0 Å². The number of nitrogens with zero attached hydrogens (tertiary/aromatic N) is 2. The lowest BCUT2D eigenvalue weighted by Gasteiger charge is -2.18. The Hall–Kier alpha value is -1.16. The molecule has 1 aromatic carbocycles. The minimum Gasteiger partial charge on any atom is -0.305 e. The van der Waals surface area contributed by atoms with Crippen molar-refractivity contribution in [2.24, 2.45) is 0 Å². The molecule has 1 aromatic heterocycles. The van der Waals surface area contributed by atoms with Crippen LogP contribution in [-0.2, 0) is 0 Å². The first-order valence-electron chi connectivity index (χ1n) is 5.66. The van der Waals surface area contributed by atoms with Crippen molar-refractivity contribution >= 4 is 23.2 Å². The van der Waals surface area contributed by atoms with Crippen LogP contribution >= 0.6 is 23.2 Å². The molecule has 0 aliphatic carbocycles. The summed E-state index contributed by atoms with van der Waals surface area (Å²) in [7, 11) is 0. The van der Waals surface area contributed by atoms with Gasteiger partial charge in [-0.25, -0.2) is 0 Å². The molecule has 0 aliphatic heterocycles. The summed E-state index contributed by atoms with van der Waals surface area (Å²) in [5.74, 6) is 0. The summed E-state index contributed by atoms with van der Waals surface area (Å²) in [5, 5.41) is 4.59. The average molecular weight is 282 g/mol. The zero-order valence-electron chi connectivity index (χ0n) is 9.90. The molecule has 1 heterocycles. The standard InChI is InChI=1S/C13H13Cl2N3/c1-2-17-13(12-8-16-5-6-18-12)10-4-3-9(14)7-11(10)15/h3-8,13,17H,2H2,1H3. The van der Waals surface area contributed by atoms with Crippen LogP contribution in [0.3, 0.4) is 0 Å². The van der Waals surface area contributed by atoms with Crippen molar-refractivity contribution in [3.63, 3.8) is 0 Å². The monoisotopic (exact) mass is 281 g/mol. The highest BCUT2D eigenvalue weighted by atomic mass is 35.5. The van der Waals surface area contributed by atoms with Crippen LogP contribution in [0.5, 0.6) is 0 Å². The number of halogens is 2. The molecule has 2 aromatic rings. The zero-order valence-corrected chi connectivity index (χ0v) is 11.4. The van der Waals surface area contributed by atoms with Crippen LogP contribution in [0, 0.1) is 0 Å². The van der Waals surface area contributed by atoms with Crippen molar-refractivity contribution < 1.29 is 0 Å². The van der Waals surface area contributed by atoms with E-state index in [-0.39, 0.29) is 6.04 Å². The quantitative estimate of drug-likeness (QED) is 0.932. The van der Waals surface area contributed by atoms with Gasteiger partial charge in [0.15, 0.2) is 0 Å². The van der Waals surface area contributed by atoms with Gasteiger partial charge in [-0.3, -0.25) is 9.97 Å². The summed E-state index contributed by atoms with van der Waals surface area (Å²) in [6, 6.07) is 5.39. The van der Waals surface area contributed by atoms with Gasteiger partial charge in [-0.05, 0) is 24.2 Å². The lowest BCUT2D eigenvalue weighted by atomic mass is 10.0. The third-order valence-electron chi connectivity index (χ3n) is 2.56. The second-order valence-electron chi connectivity index (χ2n) is 3.79. The Morgan fingerprint density at radius 2 is 2.11 bits per heavy atom. The molecular weight excluding hydrogens is 269 g/mol. The van der Waals surface area contributed by atoms with Gasteiger partial charge in [0.05, 0.1) is 17.9 Å². The topological polar surface area (TPSA) is 37.8 Å². The molecule has 1 atom stereocenters. The third kappa shape index (κ3) is 2.99. The van der Waals surface area contributed by atoms with Crippen molar-refractivity contribution in [1.29, 1.82) is 0 Å². The average Bonchev–Trinajstić information content (AvgIpc) is 2.38. The third-order valence-corrected chi connectivity index (χ3v) is 3.12. The number of aromatic nitrogens is 2. The molecule has 2 rings (SSSR count). The first kappa shape index (κ1) is 13.3. The molecule has 0 radical (unpaired) electrons. The minimum absolute atomic E-state index is 0.0755. The van der Waals surface area contributed by atoms with Crippen molar-refractivity contribution in [2.75, 3.05) is 6.54 Å².